The second-order valence-electron chi connectivity index (χ2n) is 10.7. The van der Waals surface area contributed by atoms with Gasteiger partial charge in [0, 0.05) is 5.56 Å². The SMILES string of the molecule is COc1ccc(CCc2ccc(F)cc2/C=C/C(CCc2ccc(C(=O)O)cc2)Cc2ccc(-c3noc(=O)[nH]3)cc2)cc1. The first kappa shape index (κ1) is 30.2. The summed E-state index contributed by atoms with van der Waals surface area (Å²) >= 11 is 0. The predicted molar refractivity (Wildman–Crippen MR) is 167 cm³/mol. The number of ether oxygens (including phenoxy) is 1. The Morgan fingerprint density at radius 1 is 0.932 bits per heavy atom. The Bertz CT molecular complexity index is 1770. The number of carboxylic acid groups (broad SMARTS) is 1. The molecule has 0 bridgehead atoms. The lowest BCUT2D eigenvalue weighted by Crippen LogP contribution is -2.05. The number of aromatic nitrogens is 2. The Morgan fingerprint density at radius 2 is 1.61 bits per heavy atom. The summed E-state index contributed by atoms with van der Waals surface area (Å²) < 4.78 is 24.3. The zero-order chi connectivity index (χ0) is 30.9. The number of nitrogens with zero attached hydrogens (tertiary/aromatic N) is 1. The van der Waals surface area contributed by atoms with Gasteiger partial charge in [-0.25, -0.2) is 14.0 Å². The van der Waals surface area contributed by atoms with E-state index in [0.29, 0.717) is 5.82 Å². The van der Waals surface area contributed by atoms with E-state index in [0.717, 1.165) is 65.7 Å². The fourth-order valence-electron chi connectivity index (χ4n) is 5.15. The second-order valence-corrected chi connectivity index (χ2v) is 10.7. The molecule has 0 amide bonds. The Labute approximate surface area is 254 Å². The number of nitrogens with one attached hydrogen (secondary N) is 1. The molecular weight excluding hydrogens is 559 g/mol. The van der Waals surface area contributed by atoms with Crippen LogP contribution in [0.25, 0.3) is 17.5 Å². The summed E-state index contributed by atoms with van der Waals surface area (Å²) in [6, 6.07) is 27.6. The zero-order valence-electron chi connectivity index (χ0n) is 24.3. The maximum Gasteiger partial charge on any atom is 0.439 e. The van der Waals surface area contributed by atoms with Crippen molar-refractivity contribution >= 4 is 12.0 Å². The van der Waals surface area contributed by atoms with E-state index in [4.69, 9.17) is 4.74 Å². The molecule has 0 saturated heterocycles. The number of allylic oxidation sites excluding steroid dienone is 1. The average molecular weight is 593 g/mol. The zero-order valence-corrected chi connectivity index (χ0v) is 24.3. The third-order valence-electron chi connectivity index (χ3n) is 7.67. The van der Waals surface area contributed by atoms with Crippen LogP contribution in [0.4, 0.5) is 4.39 Å². The van der Waals surface area contributed by atoms with E-state index in [1.54, 1.807) is 25.3 Å². The highest BCUT2D eigenvalue weighted by Gasteiger charge is 2.11. The third-order valence-corrected chi connectivity index (χ3v) is 7.67. The van der Waals surface area contributed by atoms with Crippen LogP contribution >= 0.6 is 0 Å². The van der Waals surface area contributed by atoms with Crippen LogP contribution in [0.2, 0.25) is 0 Å². The Hall–Kier alpha value is -5.24. The quantitative estimate of drug-likeness (QED) is 0.150. The van der Waals surface area contributed by atoms with Gasteiger partial charge in [-0.15, -0.1) is 0 Å². The molecule has 5 aromatic rings. The first-order valence-electron chi connectivity index (χ1n) is 14.4. The lowest BCUT2D eigenvalue weighted by Gasteiger charge is -2.15. The number of halogens is 1. The monoisotopic (exact) mass is 592 g/mol. The highest BCUT2D eigenvalue weighted by atomic mass is 19.1. The summed E-state index contributed by atoms with van der Waals surface area (Å²) in [5, 5.41) is 13.0. The van der Waals surface area contributed by atoms with Crippen molar-refractivity contribution in [3.05, 3.63) is 147 Å². The standard InChI is InChI=1S/C36H33FN2O5/c1-43-33-20-10-25(11-21-33)4-12-28-18-19-32(37)23-31(28)17-9-26(3-2-24-5-15-30(16-6-24)35(40)41)22-27-7-13-29(14-8-27)34-38-36(42)44-39-34/h5-11,13-21,23,26H,2-4,12,22H2,1H3,(H,40,41)(H,38,39,42)/b17-9+. The van der Waals surface area contributed by atoms with Crippen molar-refractivity contribution in [3.8, 4) is 17.1 Å². The summed E-state index contributed by atoms with van der Waals surface area (Å²) in [6.45, 7) is 0. The molecule has 0 saturated carbocycles. The van der Waals surface area contributed by atoms with Crippen LogP contribution in [0.15, 0.2) is 106 Å². The van der Waals surface area contributed by atoms with Gasteiger partial charge in [0.15, 0.2) is 5.82 Å². The molecule has 1 unspecified atom stereocenters. The van der Waals surface area contributed by atoms with Gasteiger partial charge in [-0.3, -0.25) is 9.51 Å². The smallest absolute Gasteiger partial charge is 0.439 e. The molecule has 4 aromatic carbocycles. The second kappa shape index (κ2) is 14.3. The van der Waals surface area contributed by atoms with E-state index in [1.165, 1.54) is 11.6 Å². The maximum absolute atomic E-state index is 14.4. The fraction of sp³-hybridized carbons (Fsp3) is 0.194. The van der Waals surface area contributed by atoms with E-state index in [-0.39, 0.29) is 17.3 Å². The van der Waals surface area contributed by atoms with Crippen molar-refractivity contribution in [2.24, 2.45) is 5.92 Å². The van der Waals surface area contributed by atoms with E-state index in [2.05, 4.69) is 20.7 Å². The number of aryl methyl sites for hydroxylation is 3. The highest BCUT2D eigenvalue weighted by Crippen LogP contribution is 2.23. The predicted octanol–water partition coefficient (Wildman–Crippen LogP) is 7.17. The van der Waals surface area contributed by atoms with E-state index in [9.17, 15) is 19.1 Å². The highest BCUT2D eigenvalue weighted by molar-refractivity contribution is 5.87. The van der Waals surface area contributed by atoms with Crippen LogP contribution < -0.4 is 10.5 Å². The van der Waals surface area contributed by atoms with Gasteiger partial charge in [0.25, 0.3) is 0 Å². The number of H-pyrrole nitrogens is 1. The van der Waals surface area contributed by atoms with Crippen LogP contribution in [0, 0.1) is 11.7 Å². The molecule has 7 nitrogen and oxygen atoms in total. The molecular formula is C36H33FN2O5. The summed E-state index contributed by atoms with van der Waals surface area (Å²) in [5.74, 6) is -0.541. The lowest BCUT2D eigenvalue weighted by atomic mass is 9.90. The molecule has 8 heteroatoms. The largest absolute Gasteiger partial charge is 0.497 e. The molecule has 224 valence electrons. The topological polar surface area (TPSA) is 105 Å². The molecule has 0 aliphatic rings. The fourth-order valence-corrected chi connectivity index (χ4v) is 5.15. The molecule has 5 rings (SSSR count). The van der Waals surface area contributed by atoms with Gasteiger partial charge in [-0.1, -0.05) is 71.9 Å². The summed E-state index contributed by atoms with van der Waals surface area (Å²) in [7, 11) is 1.64. The van der Waals surface area contributed by atoms with Crippen LogP contribution in [0.3, 0.4) is 0 Å². The number of hydrogen-bond acceptors (Lipinski definition) is 5. The Balaban J connectivity index is 1.34. The van der Waals surface area contributed by atoms with Gasteiger partial charge in [-0.2, -0.15) is 0 Å². The normalized spacial score (nSPS) is 12.0. The van der Waals surface area contributed by atoms with E-state index >= 15 is 0 Å². The first-order valence-corrected chi connectivity index (χ1v) is 14.4. The summed E-state index contributed by atoms with van der Waals surface area (Å²) in [4.78, 5) is 25.2. The number of aromatic amines is 1. The molecule has 0 spiro atoms. The minimum absolute atomic E-state index is 0.115. The minimum Gasteiger partial charge on any atom is -0.497 e. The minimum atomic E-state index is -0.951. The van der Waals surface area contributed by atoms with E-state index in [1.807, 2.05) is 72.8 Å². The van der Waals surface area contributed by atoms with Crippen LogP contribution in [-0.4, -0.2) is 28.3 Å². The van der Waals surface area contributed by atoms with Crippen LogP contribution in [0.1, 0.15) is 44.6 Å². The molecule has 0 radical (unpaired) electrons. The maximum atomic E-state index is 14.4. The van der Waals surface area contributed by atoms with Gasteiger partial charge in [0.05, 0.1) is 12.7 Å². The first-order chi connectivity index (χ1) is 21.4. The number of rotatable bonds is 13. The number of carboxylic acids is 1. The molecule has 0 fully saturated rings. The number of aromatic carboxylic acids is 1. The van der Waals surface area contributed by atoms with E-state index < -0.39 is 11.7 Å². The van der Waals surface area contributed by atoms with Gasteiger partial charge >= 0.3 is 11.7 Å². The number of benzene rings is 4. The van der Waals surface area contributed by atoms with Gasteiger partial charge in [-0.05, 0) is 102 Å². The van der Waals surface area contributed by atoms with Crippen molar-refractivity contribution < 1.29 is 23.6 Å². The van der Waals surface area contributed by atoms with Crippen molar-refractivity contribution in [2.45, 2.75) is 32.1 Å². The molecule has 0 aliphatic heterocycles. The van der Waals surface area contributed by atoms with Crippen LogP contribution in [0.5, 0.6) is 5.75 Å². The van der Waals surface area contributed by atoms with Gasteiger partial charge in [0.2, 0.25) is 0 Å². The van der Waals surface area contributed by atoms with Crippen molar-refractivity contribution in [3.63, 3.8) is 0 Å². The average Bonchev–Trinajstić information content (AvgIpc) is 3.48. The molecule has 1 aromatic heterocycles. The number of carbonyl (C=O) groups is 1. The molecule has 1 atom stereocenters. The number of methoxy groups -OCH3 is 1. The van der Waals surface area contributed by atoms with Crippen molar-refractivity contribution in [1.29, 1.82) is 0 Å². The Kier molecular flexibility index (Phi) is 9.81. The molecule has 0 aliphatic carbocycles. The Morgan fingerprint density at radius 3 is 2.27 bits per heavy atom. The molecule has 44 heavy (non-hydrogen) atoms. The number of hydrogen-bond donors (Lipinski definition) is 2. The van der Waals surface area contributed by atoms with Crippen molar-refractivity contribution in [1.82, 2.24) is 10.1 Å². The van der Waals surface area contributed by atoms with Crippen LogP contribution in [-0.2, 0) is 25.7 Å². The molecule has 2 N–H and O–H groups in total. The van der Waals surface area contributed by atoms with Gasteiger partial charge < -0.3 is 9.84 Å². The van der Waals surface area contributed by atoms with Gasteiger partial charge in [0.1, 0.15) is 11.6 Å². The summed E-state index contributed by atoms with van der Waals surface area (Å²) in [6.07, 6.45) is 8.02. The molecule has 1 heterocycles. The lowest BCUT2D eigenvalue weighted by molar-refractivity contribution is 0.0697. The van der Waals surface area contributed by atoms with Crippen molar-refractivity contribution in [2.75, 3.05) is 7.11 Å². The summed E-state index contributed by atoms with van der Waals surface area (Å²) in [5.41, 5.74) is 6.22. The third kappa shape index (κ3) is 8.19.